The zero-order chi connectivity index (χ0) is 18.8. The summed E-state index contributed by atoms with van der Waals surface area (Å²) in [6, 6.07) is 15.9. The summed E-state index contributed by atoms with van der Waals surface area (Å²) in [5.74, 6) is 0. The maximum atomic E-state index is 6.52. The summed E-state index contributed by atoms with van der Waals surface area (Å²) < 4.78 is 5.22. The van der Waals surface area contributed by atoms with E-state index in [0.29, 0.717) is 10.0 Å². The van der Waals surface area contributed by atoms with Gasteiger partial charge in [0.05, 0.1) is 29.3 Å². The normalized spacial score (nSPS) is 18.0. The number of hydrogen-bond donors (Lipinski definition) is 0. The van der Waals surface area contributed by atoms with E-state index < -0.39 is 0 Å². The molecule has 3 nitrogen and oxygen atoms in total. The lowest BCUT2D eigenvalue weighted by Gasteiger charge is -2.43. The molecule has 0 amide bonds. The van der Waals surface area contributed by atoms with Gasteiger partial charge in [0.1, 0.15) is 0 Å². The molecular formula is C21H19Cl3N2O. The predicted molar refractivity (Wildman–Crippen MR) is 112 cm³/mol. The maximum Gasteiger partial charge on any atom is 0.0947 e. The van der Waals surface area contributed by atoms with Crippen molar-refractivity contribution < 1.29 is 4.42 Å². The van der Waals surface area contributed by atoms with Gasteiger partial charge >= 0.3 is 0 Å². The second-order valence-electron chi connectivity index (χ2n) is 6.72. The molecule has 0 aliphatic carbocycles. The van der Waals surface area contributed by atoms with E-state index in [9.17, 15) is 0 Å². The summed E-state index contributed by atoms with van der Waals surface area (Å²) >= 11 is 18.7. The van der Waals surface area contributed by atoms with Crippen LogP contribution in [0.1, 0.15) is 17.2 Å². The Morgan fingerprint density at radius 3 is 2.41 bits per heavy atom. The van der Waals surface area contributed by atoms with E-state index in [4.69, 9.17) is 39.2 Å². The van der Waals surface area contributed by atoms with Gasteiger partial charge in [-0.2, -0.15) is 0 Å². The van der Waals surface area contributed by atoms with Crippen molar-refractivity contribution in [2.24, 2.45) is 0 Å². The number of rotatable bonds is 4. The Labute approximate surface area is 174 Å². The van der Waals surface area contributed by atoms with Crippen molar-refractivity contribution in [3.8, 4) is 0 Å². The van der Waals surface area contributed by atoms with E-state index >= 15 is 0 Å². The molecule has 140 valence electrons. The molecule has 1 atom stereocenters. The molecule has 1 fully saturated rings. The summed E-state index contributed by atoms with van der Waals surface area (Å²) in [5.41, 5.74) is 3.40. The number of anilines is 1. The quantitative estimate of drug-likeness (QED) is 0.492. The molecule has 1 aliphatic rings. The van der Waals surface area contributed by atoms with Gasteiger partial charge in [-0.05, 0) is 42.0 Å². The van der Waals surface area contributed by atoms with Crippen molar-refractivity contribution >= 4 is 40.5 Å². The van der Waals surface area contributed by atoms with E-state index in [0.717, 1.165) is 36.9 Å². The van der Waals surface area contributed by atoms with Crippen LogP contribution in [0.15, 0.2) is 65.5 Å². The molecule has 1 saturated heterocycles. The first kappa shape index (κ1) is 18.7. The second kappa shape index (κ2) is 8.15. The van der Waals surface area contributed by atoms with Gasteiger partial charge < -0.3 is 9.32 Å². The first-order valence-electron chi connectivity index (χ1n) is 8.81. The van der Waals surface area contributed by atoms with Gasteiger partial charge in [-0.1, -0.05) is 46.9 Å². The average Bonchev–Trinajstić information content (AvgIpc) is 3.16. The minimum atomic E-state index is 0.168. The lowest BCUT2D eigenvalue weighted by molar-refractivity contribution is 0.215. The number of nitrogens with zero attached hydrogens (tertiary/aromatic N) is 2. The molecule has 0 saturated carbocycles. The van der Waals surface area contributed by atoms with Crippen molar-refractivity contribution in [3.05, 3.63) is 87.3 Å². The molecule has 1 aliphatic heterocycles. The van der Waals surface area contributed by atoms with E-state index in [1.807, 2.05) is 30.3 Å². The molecule has 4 rings (SSSR count). The van der Waals surface area contributed by atoms with Crippen molar-refractivity contribution in [2.75, 3.05) is 24.5 Å². The maximum absolute atomic E-state index is 6.52. The van der Waals surface area contributed by atoms with E-state index in [1.54, 1.807) is 18.6 Å². The standard InChI is InChI=1S/C21H19Cl3N2O/c22-17-3-1-16(2-4-17)21-13-25(12-15-7-10-27-14-15)8-9-26(21)20-6-5-18(23)11-19(20)24/h1-7,10-11,14,21H,8-9,12-13H2. The summed E-state index contributed by atoms with van der Waals surface area (Å²) in [6.45, 7) is 3.55. The van der Waals surface area contributed by atoms with Crippen LogP contribution < -0.4 is 4.90 Å². The molecule has 0 bridgehead atoms. The highest BCUT2D eigenvalue weighted by atomic mass is 35.5. The summed E-state index contributed by atoms with van der Waals surface area (Å²) in [7, 11) is 0. The van der Waals surface area contributed by atoms with Crippen LogP contribution in [0.3, 0.4) is 0 Å². The fourth-order valence-corrected chi connectivity index (χ4v) is 4.24. The first-order valence-corrected chi connectivity index (χ1v) is 9.94. The molecule has 1 unspecified atom stereocenters. The number of benzene rings is 2. The zero-order valence-corrected chi connectivity index (χ0v) is 16.9. The lowest BCUT2D eigenvalue weighted by atomic mass is 10.0. The van der Waals surface area contributed by atoms with Gasteiger partial charge in [-0.3, -0.25) is 4.90 Å². The highest BCUT2D eigenvalue weighted by Gasteiger charge is 2.29. The van der Waals surface area contributed by atoms with E-state index in [-0.39, 0.29) is 6.04 Å². The third-order valence-corrected chi connectivity index (χ3v) is 5.71. The topological polar surface area (TPSA) is 19.6 Å². The van der Waals surface area contributed by atoms with E-state index in [1.165, 1.54) is 11.1 Å². The summed E-state index contributed by atoms with van der Waals surface area (Å²) in [5, 5.41) is 2.05. The molecule has 27 heavy (non-hydrogen) atoms. The third-order valence-electron chi connectivity index (χ3n) is 4.92. The first-order chi connectivity index (χ1) is 13.1. The number of piperazine rings is 1. The van der Waals surface area contributed by atoms with Crippen LogP contribution in [0.25, 0.3) is 0 Å². The molecule has 2 heterocycles. The molecule has 2 aromatic carbocycles. The Balaban J connectivity index is 1.64. The Bertz CT molecular complexity index is 896. The van der Waals surface area contributed by atoms with Crippen LogP contribution in [-0.2, 0) is 6.54 Å². The zero-order valence-electron chi connectivity index (χ0n) is 14.6. The molecule has 1 aromatic heterocycles. The predicted octanol–water partition coefficient (Wildman–Crippen LogP) is 6.30. The molecular weight excluding hydrogens is 403 g/mol. The molecule has 0 radical (unpaired) electrons. The van der Waals surface area contributed by atoms with Crippen molar-refractivity contribution in [1.82, 2.24) is 4.90 Å². The Morgan fingerprint density at radius 1 is 0.926 bits per heavy atom. The molecule has 0 N–H and O–H groups in total. The Kier molecular flexibility index (Phi) is 5.65. The van der Waals surface area contributed by atoms with Gasteiger partial charge in [0.15, 0.2) is 0 Å². The third kappa shape index (κ3) is 4.27. The fraction of sp³-hybridized carbons (Fsp3) is 0.238. The second-order valence-corrected chi connectivity index (χ2v) is 8.00. The van der Waals surface area contributed by atoms with Crippen LogP contribution in [0, 0.1) is 0 Å². The lowest BCUT2D eigenvalue weighted by Crippen LogP contribution is -2.48. The fourth-order valence-electron chi connectivity index (χ4n) is 3.60. The number of halogens is 3. The van der Waals surface area contributed by atoms with Gasteiger partial charge in [0, 0.05) is 41.8 Å². The van der Waals surface area contributed by atoms with Crippen molar-refractivity contribution in [2.45, 2.75) is 12.6 Å². The van der Waals surface area contributed by atoms with Gasteiger partial charge in [-0.25, -0.2) is 0 Å². The van der Waals surface area contributed by atoms with Crippen LogP contribution in [0.5, 0.6) is 0 Å². The van der Waals surface area contributed by atoms with Crippen LogP contribution in [-0.4, -0.2) is 24.5 Å². The van der Waals surface area contributed by atoms with E-state index in [2.05, 4.69) is 21.9 Å². The van der Waals surface area contributed by atoms with Gasteiger partial charge in [0.2, 0.25) is 0 Å². The largest absolute Gasteiger partial charge is 0.472 e. The van der Waals surface area contributed by atoms with Crippen molar-refractivity contribution in [3.63, 3.8) is 0 Å². The molecule has 3 aromatic rings. The molecule has 6 heteroatoms. The SMILES string of the molecule is Clc1ccc(C2CN(Cc3ccoc3)CCN2c2ccc(Cl)cc2Cl)cc1. The monoisotopic (exact) mass is 420 g/mol. The smallest absolute Gasteiger partial charge is 0.0947 e. The minimum Gasteiger partial charge on any atom is -0.472 e. The summed E-state index contributed by atoms with van der Waals surface area (Å²) in [6.07, 6.45) is 3.52. The highest BCUT2D eigenvalue weighted by molar-refractivity contribution is 6.36. The average molecular weight is 422 g/mol. The Morgan fingerprint density at radius 2 is 1.70 bits per heavy atom. The van der Waals surface area contributed by atoms with Crippen LogP contribution in [0.2, 0.25) is 15.1 Å². The molecule has 0 spiro atoms. The summed E-state index contributed by atoms with van der Waals surface area (Å²) in [4.78, 5) is 4.79. The number of hydrogen-bond acceptors (Lipinski definition) is 3. The van der Waals surface area contributed by atoms with Gasteiger partial charge in [-0.15, -0.1) is 0 Å². The minimum absolute atomic E-state index is 0.168. The number of furan rings is 1. The van der Waals surface area contributed by atoms with Crippen molar-refractivity contribution in [1.29, 1.82) is 0 Å². The van der Waals surface area contributed by atoms with Crippen LogP contribution in [0.4, 0.5) is 5.69 Å². The van der Waals surface area contributed by atoms with Gasteiger partial charge in [0.25, 0.3) is 0 Å². The van der Waals surface area contributed by atoms with Crippen LogP contribution >= 0.6 is 34.8 Å². The Hall–Kier alpha value is -1.65. The highest BCUT2D eigenvalue weighted by Crippen LogP contribution is 2.37.